The lowest BCUT2D eigenvalue weighted by molar-refractivity contribution is -0.117. The van der Waals surface area contributed by atoms with E-state index in [-0.39, 0.29) is 5.91 Å². The van der Waals surface area contributed by atoms with Crippen LogP contribution in [0.3, 0.4) is 0 Å². The van der Waals surface area contributed by atoms with Crippen LogP contribution in [0, 0.1) is 0 Å². The molecule has 5 heteroatoms. The quantitative estimate of drug-likeness (QED) is 0.673. The molecule has 0 saturated heterocycles. The number of hydrogen-bond donors (Lipinski definition) is 2. The predicted octanol–water partition coefficient (Wildman–Crippen LogP) is 0.318. The summed E-state index contributed by atoms with van der Waals surface area (Å²) in [5, 5.41) is 2.59. The maximum Gasteiger partial charge on any atom is 0.241 e. The van der Waals surface area contributed by atoms with Crippen molar-refractivity contribution in [3.63, 3.8) is 0 Å². The Hall–Kier alpha value is -1.75. The fraction of sp³-hybridized carbons (Fsp3) is 0.222. The van der Waals surface area contributed by atoms with Gasteiger partial charge in [0, 0.05) is 0 Å². The largest absolute Gasteiger partial charge is 0.322 e. The summed E-state index contributed by atoms with van der Waals surface area (Å²) in [6, 6.07) is -0.576. The Morgan fingerprint density at radius 3 is 2.86 bits per heavy atom. The van der Waals surface area contributed by atoms with Crippen molar-refractivity contribution in [3.8, 4) is 0 Å². The summed E-state index contributed by atoms with van der Waals surface area (Å²) >= 11 is 0. The van der Waals surface area contributed by atoms with Gasteiger partial charge in [0.05, 0.1) is 24.1 Å². The van der Waals surface area contributed by atoms with Crippen molar-refractivity contribution in [3.05, 3.63) is 31.4 Å². The molecule has 1 heterocycles. The van der Waals surface area contributed by atoms with Gasteiger partial charge in [-0.05, 0) is 6.42 Å². The van der Waals surface area contributed by atoms with E-state index in [1.165, 1.54) is 18.7 Å². The Morgan fingerprint density at radius 2 is 2.29 bits per heavy atom. The molecule has 0 radical (unpaired) electrons. The van der Waals surface area contributed by atoms with Gasteiger partial charge in [-0.2, -0.15) is 0 Å². The van der Waals surface area contributed by atoms with E-state index >= 15 is 0 Å². The highest BCUT2D eigenvalue weighted by molar-refractivity contribution is 5.94. The molecule has 0 bridgehead atoms. The summed E-state index contributed by atoms with van der Waals surface area (Å²) in [6.45, 7) is 3.51. The zero-order chi connectivity index (χ0) is 10.4. The molecule has 1 atom stereocenters. The Morgan fingerprint density at radius 1 is 1.64 bits per heavy atom. The third-order valence-electron chi connectivity index (χ3n) is 1.59. The van der Waals surface area contributed by atoms with Gasteiger partial charge in [-0.3, -0.25) is 4.79 Å². The zero-order valence-corrected chi connectivity index (χ0v) is 7.68. The van der Waals surface area contributed by atoms with E-state index in [1.807, 2.05) is 0 Å². The summed E-state index contributed by atoms with van der Waals surface area (Å²) in [6.07, 6.45) is 6.45. The van der Waals surface area contributed by atoms with Crippen LogP contribution in [-0.4, -0.2) is 21.9 Å². The molecule has 0 aliphatic carbocycles. The van der Waals surface area contributed by atoms with Crippen molar-refractivity contribution in [2.24, 2.45) is 5.73 Å². The number of hydrogen-bond acceptors (Lipinski definition) is 4. The summed E-state index contributed by atoms with van der Waals surface area (Å²) in [5.74, 6) is -0.264. The molecule has 0 spiro atoms. The second-order valence-corrected chi connectivity index (χ2v) is 2.75. The summed E-state index contributed by atoms with van der Waals surface area (Å²) in [5.41, 5.74) is 6.09. The molecule has 1 amide bonds. The first-order valence-electron chi connectivity index (χ1n) is 4.16. The first-order valence-corrected chi connectivity index (χ1v) is 4.16. The van der Waals surface area contributed by atoms with Crippen molar-refractivity contribution >= 4 is 11.6 Å². The number of nitrogens with zero attached hydrogens (tertiary/aromatic N) is 2. The van der Waals surface area contributed by atoms with Gasteiger partial charge < -0.3 is 11.1 Å². The number of amides is 1. The Balaban J connectivity index is 2.53. The first-order chi connectivity index (χ1) is 6.74. The Labute approximate surface area is 82.1 Å². The Bertz CT molecular complexity index is 312. The number of anilines is 1. The molecule has 74 valence electrons. The van der Waals surface area contributed by atoms with Crippen molar-refractivity contribution in [1.29, 1.82) is 0 Å². The fourth-order valence-electron chi connectivity index (χ4n) is 0.885. The molecule has 1 rings (SSSR count). The van der Waals surface area contributed by atoms with Gasteiger partial charge in [0.15, 0.2) is 0 Å². The zero-order valence-electron chi connectivity index (χ0n) is 7.68. The van der Waals surface area contributed by atoms with Gasteiger partial charge in [-0.1, -0.05) is 6.08 Å². The lowest BCUT2D eigenvalue weighted by Gasteiger charge is -2.08. The molecule has 1 aromatic heterocycles. The number of nitrogens with one attached hydrogen (secondary N) is 1. The van der Waals surface area contributed by atoms with E-state index in [0.717, 1.165) is 0 Å². The maximum atomic E-state index is 11.4. The lowest BCUT2D eigenvalue weighted by Crippen LogP contribution is -2.35. The monoisotopic (exact) mass is 192 g/mol. The number of nitrogens with two attached hydrogens (primary N) is 1. The third kappa shape index (κ3) is 2.95. The van der Waals surface area contributed by atoms with Crippen LogP contribution in [0.25, 0.3) is 0 Å². The number of aromatic nitrogens is 2. The minimum atomic E-state index is -0.576. The second kappa shape index (κ2) is 5.08. The third-order valence-corrected chi connectivity index (χ3v) is 1.59. The van der Waals surface area contributed by atoms with Crippen LogP contribution in [0.15, 0.2) is 31.4 Å². The standard InChI is InChI=1S/C9H12N4O/c1-2-3-8(10)9(14)13-7-4-11-6-12-5-7/h2,4-6,8H,1,3,10H2,(H,13,14). The minimum Gasteiger partial charge on any atom is -0.322 e. The molecule has 0 aliphatic heterocycles. The van der Waals surface area contributed by atoms with E-state index < -0.39 is 6.04 Å². The van der Waals surface area contributed by atoms with Crippen molar-refractivity contribution in [1.82, 2.24) is 9.97 Å². The van der Waals surface area contributed by atoms with Crippen LogP contribution in [0.5, 0.6) is 0 Å². The lowest BCUT2D eigenvalue weighted by atomic mass is 10.2. The van der Waals surface area contributed by atoms with Gasteiger partial charge in [0.25, 0.3) is 0 Å². The van der Waals surface area contributed by atoms with E-state index in [9.17, 15) is 4.79 Å². The highest BCUT2D eigenvalue weighted by atomic mass is 16.2. The highest BCUT2D eigenvalue weighted by Gasteiger charge is 2.11. The topological polar surface area (TPSA) is 80.9 Å². The van der Waals surface area contributed by atoms with E-state index in [2.05, 4.69) is 21.9 Å². The van der Waals surface area contributed by atoms with Crippen LogP contribution in [0.2, 0.25) is 0 Å². The SMILES string of the molecule is C=CCC(N)C(=O)Nc1cncnc1. The van der Waals surface area contributed by atoms with Crippen LogP contribution >= 0.6 is 0 Å². The predicted molar refractivity (Wildman–Crippen MR) is 53.5 cm³/mol. The van der Waals surface area contributed by atoms with Crippen molar-refractivity contribution < 1.29 is 4.79 Å². The highest BCUT2D eigenvalue weighted by Crippen LogP contribution is 2.01. The molecule has 0 fully saturated rings. The van der Waals surface area contributed by atoms with E-state index in [1.54, 1.807) is 6.08 Å². The summed E-state index contributed by atoms with van der Waals surface area (Å²) < 4.78 is 0. The van der Waals surface area contributed by atoms with Crippen molar-refractivity contribution in [2.45, 2.75) is 12.5 Å². The van der Waals surface area contributed by atoms with Crippen LogP contribution in [0.1, 0.15) is 6.42 Å². The van der Waals surface area contributed by atoms with Crippen LogP contribution < -0.4 is 11.1 Å². The molecule has 0 aromatic carbocycles. The fourth-order valence-corrected chi connectivity index (χ4v) is 0.885. The number of carbonyl (C=O) groups excluding carboxylic acids is 1. The average Bonchev–Trinajstić information content (AvgIpc) is 2.19. The molecule has 3 N–H and O–H groups in total. The maximum absolute atomic E-state index is 11.4. The number of carbonyl (C=O) groups is 1. The van der Waals surface area contributed by atoms with Gasteiger partial charge in [-0.25, -0.2) is 9.97 Å². The van der Waals surface area contributed by atoms with Gasteiger partial charge in [0.2, 0.25) is 5.91 Å². The summed E-state index contributed by atoms with van der Waals surface area (Å²) in [7, 11) is 0. The van der Waals surface area contributed by atoms with E-state index in [4.69, 9.17) is 5.73 Å². The van der Waals surface area contributed by atoms with Crippen LogP contribution in [-0.2, 0) is 4.79 Å². The molecule has 1 unspecified atom stereocenters. The smallest absolute Gasteiger partial charge is 0.241 e. The molecular formula is C9H12N4O. The number of rotatable bonds is 4. The van der Waals surface area contributed by atoms with Gasteiger partial charge in [-0.15, -0.1) is 6.58 Å². The Kier molecular flexibility index (Phi) is 3.75. The molecule has 0 saturated carbocycles. The van der Waals surface area contributed by atoms with Gasteiger partial charge in [0.1, 0.15) is 6.33 Å². The average molecular weight is 192 g/mol. The van der Waals surface area contributed by atoms with E-state index in [0.29, 0.717) is 12.1 Å². The second-order valence-electron chi connectivity index (χ2n) is 2.75. The van der Waals surface area contributed by atoms with Gasteiger partial charge >= 0.3 is 0 Å². The van der Waals surface area contributed by atoms with Crippen LogP contribution in [0.4, 0.5) is 5.69 Å². The molecule has 14 heavy (non-hydrogen) atoms. The minimum absolute atomic E-state index is 0.264. The van der Waals surface area contributed by atoms with Crippen molar-refractivity contribution in [2.75, 3.05) is 5.32 Å². The molecular weight excluding hydrogens is 180 g/mol. The normalized spacial score (nSPS) is 11.8. The molecule has 0 aliphatic rings. The first kappa shape index (κ1) is 10.3. The molecule has 1 aromatic rings. The molecule has 5 nitrogen and oxygen atoms in total. The summed E-state index contributed by atoms with van der Waals surface area (Å²) in [4.78, 5) is 18.9.